The molecule has 2 aromatic carbocycles. The summed E-state index contributed by atoms with van der Waals surface area (Å²) in [5, 5.41) is 0.397. The van der Waals surface area contributed by atoms with E-state index in [1.807, 2.05) is 0 Å². The molecule has 28 heavy (non-hydrogen) atoms. The van der Waals surface area contributed by atoms with E-state index in [9.17, 15) is 21.6 Å². The van der Waals surface area contributed by atoms with Gasteiger partial charge in [-0.05, 0) is 43.2 Å². The largest absolute Gasteiger partial charge is 0.467 e. The lowest BCUT2D eigenvalue weighted by Gasteiger charge is -2.30. The van der Waals surface area contributed by atoms with Crippen molar-refractivity contribution in [3.05, 3.63) is 53.8 Å². The minimum absolute atomic E-state index is 0.157. The first-order chi connectivity index (χ1) is 13.3. The van der Waals surface area contributed by atoms with Crippen molar-refractivity contribution < 1.29 is 26.3 Å². The van der Waals surface area contributed by atoms with Crippen molar-refractivity contribution in [1.82, 2.24) is 9.29 Å². The smallest absolute Gasteiger partial charge is 0.274 e. The summed E-state index contributed by atoms with van der Waals surface area (Å²) in [6, 6.07) is 6.52. The van der Waals surface area contributed by atoms with Crippen LogP contribution in [0.25, 0.3) is 10.2 Å². The van der Waals surface area contributed by atoms with E-state index in [1.165, 1.54) is 27.8 Å². The molecule has 1 saturated heterocycles. The third-order valence-electron chi connectivity index (χ3n) is 4.47. The highest BCUT2D eigenvalue weighted by atomic mass is 32.2. The van der Waals surface area contributed by atoms with Crippen LogP contribution >= 0.6 is 11.3 Å². The summed E-state index contributed by atoms with van der Waals surface area (Å²) in [6.07, 6.45) is 0.559. The standard InChI is InChI=1S/C18H15F3N2O3S2/c19-11-1-2-16-17(10-11)27-18(22-16)26-14-3-5-23(6-4-14)28(24,25)15-8-12(20)7-13(21)9-15/h1-2,7-10,14H,3-6H2. The number of rotatable bonds is 4. The summed E-state index contributed by atoms with van der Waals surface area (Å²) >= 11 is 1.22. The molecule has 0 aliphatic carbocycles. The second-order valence-corrected chi connectivity index (χ2v) is 9.35. The Morgan fingerprint density at radius 2 is 1.68 bits per heavy atom. The summed E-state index contributed by atoms with van der Waals surface area (Å²) in [5.74, 6) is -2.23. The molecule has 0 saturated carbocycles. The summed E-state index contributed by atoms with van der Waals surface area (Å²) < 4.78 is 72.9. The number of hydrogen-bond acceptors (Lipinski definition) is 5. The second kappa shape index (κ2) is 7.34. The molecule has 148 valence electrons. The maximum Gasteiger partial charge on any atom is 0.274 e. The lowest BCUT2D eigenvalue weighted by molar-refractivity contribution is 0.135. The Morgan fingerprint density at radius 1 is 1.00 bits per heavy atom. The molecule has 10 heteroatoms. The molecule has 1 aliphatic heterocycles. The molecule has 0 unspecified atom stereocenters. The first-order valence-electron chi connectivity index (χ1n) is 8.50. The normalized spacial score (nSPS) is 16.5. The molecule has 0 spiro atoms. The zero-order valence-electron chi connectivity index (χ0n) is 14.4. The summed E-state index contributed by atoms with van der Waals surface area (Å²) in [4.78, 5) is 3.89. The van der Waals surface area contributed by atoms with Crippen molar-refractivity contribution in [2.75, 3.05) is 13.1 Å². The van der Waals surface area contributed by atoms with Crippen LogP contribution in [0.4, 0.5) is 13.2 Å². The fourth-order valence-electron chi connectivity index (χ4n) is 3.09. The van der Waals surface area contributed by atoms with Crippen molar-refractivity contribution in [3.63, 3.8) is 0 Å². The molecule has 0 bridgehead atoms. The maximum absolute atomic E-state index is 13.4. The first-order valence-corrected chi connectivity index (χ1v) is 10.8. The molecular weight excluding hydrogens is 413 g/mol. The molecule has 0 radical (unpaired) electrons. The molecule has 1 fully saturated rings. The highest BCUT2D eigenvalue weighted by Crippen LogP contribution is 2.31. The van der Waals surface area contributed by atoms with Crippen LogP contribution in [0, 0.1) is 17.5 Å². The van der Waals surface area contributed by atoms with Gasteiger partial charge in [-0.3, -0.25) is 0 Å². The number of benzene rings is 2. The van der Waals surface area contributed by atoms with Gasteiger partial charge in [0.05, 0.1) is 15.1 Å². The molecule has 3 aromatic rings. The van der Waals surface area contributed by atoms with Gasteiger partial charge in [0.1, 0.15) is 23.6 Å². The van der Waals surface area contributed by atoms with E-state index >= 15 is 0 Å². The van der Waals surface area contributed by atoms with Crippen LogP contribution in [-0.4, -0.2) is 36.9 Å². The van der Waals surface area contributed by atoms with E-state index < -0.39 is 26.6 Å². The number of fused-ring (bicyclic) bond motifs is 1. The first kappa shape index (κ1) is 19.2. The topological polar surface area (TPSA) is 59.5 Å². The fourth-order valence-corrected chi connectivity index (χ4v) is 5.51. The average molecular weight is 428 g/mol. The molecule has 1 aliphatic rings. The maximum atomic E-state index is 13.4. The minimum atomic E-state index is -3.99. The van der Waals surface area contributed by atoms with Gasteiger partial charge in [-0.25, -0.2) is 26.6 Å². The Bertz CT molecular complexity index is 1110. The van der Waals surface area contributed by atoms with Gasteiger partial charge >= 0.3 is 0 Å². The summed E-state index contributed by atoms with van der Waals surface area (Å²) in [6.45, 7) is 0.315. The van der Waals surface area contributed by atoms with Crippen LogP contribution in [0.15, 0.2) is 41.3 Å². The SMILES string of the molecule is O=S(=O)(c1cc(F)cc(F)c1)N1CCC(Oc2nc3ccc(F)cc3s2)CC1. The number of aromatic nitrogens is 1. The quantitative estimate of drug-likeness (QED) is 0.632. The zero-order valence-corrected chi connectivity index (χ0v) is 16.1. The third-order valence-corrected chi connectivity index (χ3v) is 7.26. The molecule has 0 atom stereocenters. The van der Waals surface area contributed by atoms with Crippen LogP contribution in [0.2, 0.25) is 0 Å². The lowest BCUT2D eigenvalue weighted by Crippen LogP contribution is -2.41. The minimum Gasteiger partial charge on any atom is -0.467 e. The Labute approximate surface area is 163 Å². The van der Waals surface area contributed by atoms with E-state index in [0.29, 0.717) is 34.3 Å². The Balaban J connectivity index is 1.43. The number of thiazole rings is 1. The molecule has 0 N–H and O–H groups in total. The van der Waals surface area contributed by atoms with Gasteiger partial charge < -0.3 is 4.74 Å². The van der Waals surface area contributed by atoms with Gasteiger partial charge in [-0.15, -0.1) is 0 Å². The second-order valence-electron chi connectivity index (χ2n) is 6.42. The van der Waals surface area contributed by atoms with Gasteiger partial charge in [-0.2, -0.15) is 4.31 Å². The van der Waals surface area contributed by atoms with Crippen molar-refractivity contribution in [3.8, 4) is 5.19 Å². The van der Waals surface area contributed by atoms with Gasteiger partial charge in [-0.1, -0.05) is 11.3 Å². The van der Waals surface area contributed by atoms with Crippen molar-refractivity contribution in [2.24, 2.45) is 0 Å². The monoisotopic (exact) mass is 428 g/mol. The Hall–Kier alpha value is -2.17. The van der Waals surface area contributed by atoms with Gasteiger partial charge in [0.15, 0.2) is 0 Å². The van der Waals surface area contributed by atoms with E-state index in [-0.39, 0.29) is 25.0 Å². The highest BCUT2D eigenvalue weighted by Gasteiger charge is 2.31. The number of nitrogens with zero attached hydrogens (tertiary/aromatic N) is 2. The number of piperidine rings is 1. The van der Waals surface area contributed by atoms with Crippen LogP contribution in [-0.2, 0) is 10.0 Å². The van der Waals surface area contributed by atoms with Crippen LogP contribution in [0.5, 0.6) is 5.19 Å². The summed E-state index contributed by atoms with van der Waals surface area (Å²) in [5.41, 5.74) is 0.634. The number of halogens is 3. The van der Waals surface area contributed by atoms with E-state index in [1.54, 1.807) is 6.07 Å². The molecule has 4 rings (SSSR count). The number of sulfonamides is 1. The fraction of sp³-hybridized carbons (Fsp3) is 0.278. The van der Waals surface area contributed by atoms with Gasteiger partial charge in [0.25, 0.3) is 5.19 Å². The third kappa shape index (κ3) is 3.85. The predicted octanol–water partition coefficient (Wildman–Crippen LogP) is 3.95. The Morgan fingerprint density at radius 3 is 2.36 bits per heavy atom. The summed E-state index contributed by atoms with van der Waals surface area (Å²) in [7, 11) is -3.99. The highest BCUT2D eigenvalue weighted by molar-refractivity contribution is 7.89. The van der Waals surface area contributed by atoms with Crippen LogP contribution < -0.4 is 4.74 Å². The Kier molecular flexibility index (Phi) is 5.02. The lowest BCUT2D eigenvalue weighted by atomic mass is 10.1. The van der Waals surface area contributed by atoms with Gasteiger partial charge in [0.2, 0.25) is 10.0 Å². The predicted molar refractivity (Wildman–Crippen MR) is 98.3 cm³/mol. The van der Waals surface area contributed by atoms with Gasteiger partial charge in [0, 0.05) is 19.2 Å². The molecule has 5 nitrogen and oxygen atoms in total. The molecule has 2 heterocycles. The number of ether oxygens (including phenoxy) is 1. The van der Waals surface area contributed by atoms with Crippen molar-refractivity contribution in [1.29, 1.82) is 0 Å². The molecule has 1 aromatic heterocycles. The van der Waals surface area contributed by atoms with Crippen LogP contribution in [0.3, 0.4) is 0 Å². The molecule has 0 amide bonds. The van der Waals surface area contributed by atoms with Crippen LogP contribution in [0.1, 0.15) is 12.8 Å². The average Bonchev–Trinajstić information content (AvgIpc) is 3.02. The zero-order chi connectivity index (χ0) is 19.9. The van der Waals surface area contributed by atoms with E-state index in [2.05, 4.69) is 4.98 Å². The van der Waals surface area contributed by atoms with Crippen molar-refractivity contribution >= 4 is 31.6 Å². The van der Waals surface area contributed by atoms with E-state index in [4.69, 9.17) is 4.74 Å². The van der Waals surface area contributed by atoms with Crippen molar-refractivity contribution in [2.45, 2.75) is 23.8 Å². The molecular formula is C18H15F3N2O3S2. The number of hydrogen-bond donors (Lipinski definition) is 0. The van der Waals surface area contributed by atoms with E-state index in [0.717, 1.165) is 12.1 Å².